The molecular weight excluding hydrogens is 344 g/mol. The summed E-state index contributed by atoms with van der Waals surface area (Å²) in [5.74, 6) is 1.13. The molecule has 26 heavy (non-hydrogen) atoms. The van der Waals surface area contributed by atoms with E-state index < -0.39 is 0 Å². The zero-order valence-corrected chi connectivity index (χ0v) is 16.5. The van der Waals surface area contributed by atoms with Crippen molar-refractivity contribution in [3.63, 3.8) is 0 Å². The SMILES string of the molecule is C[C@H](CCc1ccccc1)NC(=O)[C@H](C)Sc1nnc2n1CCCCC2. The molecule has 0 saturated heterocycles. The van der Waals surface area contributed by atoms with Gasteiger partial charge in [0.2, 0.25) is 5.91 Å². The lowest BCUT2D eigenvalue weighted by atomic mass is 10.1. The van der Waals surface area contributed by atoms with Crippen molar-refractivity contribution in [1.29, 1.82) is 0 Å². The number of benzene rings is 1. The highest BCUT2D eigenvalue weighted by atomic mass is 32.2. The molecule has 1 N–H and O–H groups in total. The number of fused-ring (bicyclic) bond motifs is 1. The Hall–Kier alpha value is -1.82. The molecule has 0 radical (unpaired) electrons. The average Bonchev–Trinajstić information content (AvgIpc) is 2.87. The van der Waals surface area contributed by atoms with Crippen LogP contribution in [0.3, 0.4) is 0 Å². The van der Waals surface area contributed by atoms with Crippen LogP contribution in [0.1, 0.15) is 50.9 Å². The lowest BCUT2D eigenvalue weighted by Crippen LogP contribution is -2.38. The normalized spacial score (nSPS) is 16.4. The van der Waals surface area contributed by atoms with Gasteiger partial charge in [0.05, 0.1) is 5.25 Å². The van der Waals surface area contributed by atoms with Crippen molar-refractivity contribution in [3.8, 4) is 0 Å². The predicted molar refractivity (Wildman–Crippen MR) is 105 cm³/mol. The van der Waals surface area contributed by atoms with Crippen LogP contribution in [-0.4, -0.2) is 32.0 Å². The third-order valence-electron chi connectivity index (χ3n) is 4.82. The number of hydrogen-bond donors (Lipinski definition) is 1. The highest BCUT2D eigenvalue weighted by Crippen LogP contribution is 2.25. The van der Waals surface area contributed by atoms with Gasteiger partial charge < -0.3 is 9.88 Å². The second-order valence-corrected chi connectivity index (χ2v) is 8.36. The van der Waals surface area contributed by atoms with Crippen LogP contribution < -0.4 is 5.32 Å². The second kappa shape index (κ2) is 9.21. The first-order valence-electron chi connectivity index (χ1n) is 9.56. The minimum Gasteiger partial charge on any atom is -0.353 e. The van der Waals surface area contributed by atoms with E-state index in [0.717, 1.165) is 43.2 Å². The highest BCUT2D eigenvalue weighted by Gasteiger charge is 2.21. The Morgan fingerprint density at radius 1 is 1.19 bits per heavy atom. The Bertz CT molecular complexity index is 716. The quantitative estimate of drug-likeness (QED) is 0.754. The van der Waals surface area contributed by atoms with Crippen LogP contribution in [-0.2, 0) is 24.2 Å². The van der Waals surface area contributed by atoms with Crippen LogP contribution in [0.4, 0.5) is 0 Å². The summed E-state index contributed by atoms with van der Waals surface area (Å²) in [6, 6.07) is 10.5. The number of aromatic nitrogens is 3. The number of thioether (sulfide) groups is 1. The zero-order valence-electron chi connectivity index (χ0n) is 15.6. The Labute approximate surface area is 160 Å². The largest absolute Gasteiger partial charge is 0.353 e. The summed E-state index contributed by atoms with van der Waals surface area (Å²) in [6.07, 6.45) is 6.48. The molecule has 1 aromatic carbocycles. The van der Waals surface area contributed by atoms with E-state index in [1.807, 2.05) is 13.0 Å². The Kier molecular flexibility index (Phi) is 6.72. The fourth-order valence-electron chi connectivity index (χ4n) is 3.22. The van der Waals surface area contributed by atoms with Gasteiger partial charge in [0.25, 0.3) is 0 Å². The maximum Gasteiger partial charge on any atom is 0.233 e. The smallest absolute Gasteiger partial charge is 0.233 e. The number of aryl methyl sites for hydroxylation is 2. The standard InChI is InChI=1S/C20H28N4OS/c1-15(12-13-17-9-5-3-6-10-17)21-19(25)16(2)26-20-23-22-18-11-7-4-8-14-24(18)20/h3,5-6,9-10,15-16H,4,7-8,11-14H2,1-2H3,(H,21,25)/t15-,16+/m1/s1. The molecule has 1 aromatic heterocycles. The van der Waals surface area contributed by atoms with Gasteiger partial charge in [-0.2, -0.15) is 0 Å². The summed E-state index contributed by atoms with van der Waals surface area (Å²) in [5, 5.41) is 12.5. The molecule has 0 spiro atoms. The minimum atomic E-state index is -0.175. The van der Waals surface area contributed by atoms with Crippen molar-refractivity contribution in [1.82, 2.24) is 20.1 Å². The van der Waals surface area contributed by atoms with Gasteiger partial charge in [0.1, 0.15) is 5.82 Å². The second-order valence-electron chi connectivity index (χ2n) is 7.06. The molecule has 1 aliphatic heterocycles. The maximum absolute atomic E-state index is 12.5. The summed E-state index contributed by atoms with van der Waals surface area (Å²) in [7, 11) is 0. The molecule has 0 saturated carbocycles. The number of nitrogens with one attached hydrogen (secondary N) is 1. The van der Waals surface area contributed by atoms with E-state index in [9.17, 15) is 4.79 Å². The Morgan fingerprint density at radius 2 is 2.00 bits per heavy atom. The minimum absolute atomic E-state index is 0.0709. The Balaban J connectivity index is 1.49. The van der Waals surface area contributed by atoms with Crippen LogP contribution in [0.5, 0.6) is 0 Å². The number of amides is 1. The molecule has 0 bridgehead atoms. The first-order chi connectivity index (χ1) is 12.6. The van der Waals surface area contributed by atoms with Crippen molar-refractivity contribution in [2.45, 2.75) is 75.4 Å². The van der Waals surface area contributed by atoms with Gasteiger partial charge in [-0.1, -0.05) is 48.5 Å². The number of nitrogens with zero attached hydrogens (tertiary/aromatic N) is 3. The Morgan fingerprint density at radius 3 is 2.81 bits per heavy atom. The van der Waals surface area contributed by atoms with Crippen LogP contribution in [0.15, 0.2) is 35.5 Å². The first-order valence-corrected chi connectivity index (χ1v) is 10.4. The fraction of sp³-hybridized carbons (Fsp3) is 0.550. The number of rotatable bonds is 7. The van der Waals surface area contributed by atoms with E-state index in [-0.39, 0.29) is 17.2 Å². The molecule has 2 heterocycles. The van der Waals surface area contributed by atoms with Crippen LogP contribution in [0.25, 0.3) is 0 Å². The third kappa shape index (κ3) is 5.10. The highest BCUT2D eigenvalue weighted by molar-refractivity contribution is 8.00. The molecular formula is C20H28N4OS. The van der Waals surface area contributed by atoms with Crippen molar-refractivity contribution < 1.29 is 4.79 Å². The number of carbonyl (C=O) groups excluding carboxylic acids is 1. The van der Waals surface area contributed by atoms with Gasteiger partial charge >= 0.3 is 0 Å². The molecule has 5 nitrogen and oxygen atoms in total. The van der Waals surface area contributed by atoms with Crippen molar-refractivity contribution in [2.75, 3.05) is 0 Å². The molecule has 2 atom stereocenters. The van der Waals surface area contributed by atoms with E-state index >= 15 is 0 Å². The summed E-state index contributed by atoms with van der Waals surface area (Å²) < 4.78 is 2.19. The van der Waals surface area contributed by atoms with Crippen LogP contribution in [0, 0.1) is 0 Å². The monoisotopic (exact) mass is 372 g/mol. The third-order valence-corrected chi connectivity index (χ3v) is 5.90. The van der Waals surface area contributed by atoms with Gasteiger partial charge in [0, 0.05) is 19.0 Å². The van der Waals surface area contributed by atoms with Crippen molar-refractivity contribution in [3.05, 3.63) is 41.7 Å². The zero-order chi connectivity index (χ0) is 18.4. The van der Waals surface area contributed by atoms with Gasteiger partial charge in [-0.05, 0) is 45.1 Å². The molecule has 1 amide bonds. The summed E-state index contributed by atoms with van der Waals surface area (Å²) in [4.78, 5) is 12.5. The van der Waals surface area contributed by atoms with Gasteiger partial charge in [-0.3, -0.25) is 4.79 Å². The predicted octanol–water partition coefficient (Wildman–Crippen LogP) is 3.62. The number of hydrogen-bond acceptors (Lipinski definition) is 4. The van der Waals surface area contributed by atoms with Crippen LogP contribution >= 0.6 is 11.8 Å². The summed E-state index contributed by atoms with van der Waals surface area (Å²) >= 11 is 1.52. The topological polar surface area (TPSA) is 59.8 Å². The van der Waals surface area contributed by atoms with E-state index in [4.69, 9.17) is 0 Å². The maximum atomic E-state index is 12.5. The summed E-state index contributed by atoms with van der Waals surface area (Å²) in [6.45, 7) is 4.98. The molecule has 0 fully saturated rings. The molecule has 2 aromatic rings. The van der Waals surface area contributed by atoms with Crippen molar-refractivity contribution in [2.24, 2.45) is 0 Å². The average molecular weight is 373 g/mol. The first kappa shape index (κ1) is 19.0. The molecule has 6 heteroatoms. The van der Waals surface area contributed by atoms with E-state index in [0.29, 0.717) is 0 Å². The van der Waals surface area contributed by atoms with Gasteiger partial charge in [0.15, 0.2) is 5.16 Å². The van der Waals surface area contributed by atoms with Gasteiger partial charge in [-0.15, -0.1) is 10.2 Å². The van der Waals surface area contributed by atoms with E-state index in [2.05, 4.69) is 51.3 Å². The lowest BCUT2D eigenvalue weighted by molar-refractivity contribution is -0.120. The van der Waals surface area contributed by atoms with E-state index in [1.54, 1.807) is 0 Å². The summed E-state index contributed by atoms with van der Waals surface area (Å²) in [5.41, 5.74) is 1.31. The lowest BCUT2D eigenvalue weighted by Gasteiger charge is -2.17. The van der Waals surface area contributed by atoms with Crippen molar-refractivity contribution >= 4 is 17.7 Å². The molecule has 1 aliphatic rings. The fourth-order valence-corrected chi connectivity index (χ4v) is 4.12. The number of carbonyl (C=O) groups is 1. The van der Waals surface area contributed by atoms with Gasteiger partial charge in [-0.25, -0.2) is 0 Å². The molecule has 3 rings (SSSR count). The van der Waals surface area contributed by atoms with Crippen LogP contribution in [0.2, 0.25) is 0 Å². The molecule has 140 valence electrons. The van der Waals surface area contributed by atoms with E-state index in [1.165, 1.54) is 30.2 Å². The molecule has 0 unspecified atom stereocenters. The molecule has 0 aliphatic carbocycles.